The number of aryl methyl sites for hydroxylation is 1. The third kappa shape index (κ3) is 4.28. The molecule has 0 spiro atoms. The zero-order valence-electron chi connectivity index (χ0n) is 13.3. The third-order valence-electron chi connectivity index (χ3n) is 3.88. The van der Waals surface area contributed by atoms with E-state index in [0.717, 1.165) is 31.3 Å². The lowest BCUT2D eigenvalue weighted by Crippen LogP contribution is -2.47. The van der Waals surface area contributed by atoms with Gasteiger partial charge in [0.15, 0.2) is 0 Å². The number of nitrogens with one attached hydrogen (secondary N) is 2. The lowest BCUT2D eigenvalue weighted by Gasteiger charge is -2.30. The summed E-state index contributed by atoms with van der Waals surface area (Å²) in [5, 5.41) is 0.187. The molecule has 1 amide bonds. The minimum atomic E-state index is -3.90. The summed E-state index contributed by atoms with van der Waals surface area (Å²) in [5.41, 5.74) is 4.43. The minimum absolute atomic E-state index is 0.0679. The maximum atomic E-state index is 12.1. The average molecular weight is 381 g/mol. The number of hydrazine groups is 1. The molecule has 1 aliphatic heterocycles. The maximum Gasteiger partial charge on any atom is 0.258 e. The van der Waals surface area contributed by atoms with Gasteiger partial charge in [0.2, 0.25) is 0 Å². The summed E-state index contributed by atoms with van der Waals surface area (Å²) < 4.78 is 24.2. The van der Waals surface area contributed by atoms with Crippen molar-refractivity contribution in [1.29, 1.82) is 0 Å². The third-order valence-corrected chi connectivity index (χ3v) is 5.33. The molecule has 2 heterocycles. The maximum absolute atomic E-state index is 12.1. The van der Waals surface area contributed by atoms with Gasteiger partial charge in [-0.1, -0.05) is 29.8 Å². The summed E-state index contributed by atoms with van der Waals surface area (Å²) in [7, 11) is -3.90. The number of amides is 1. The van der Waals surface area contributed by atoms with E-state index in [1.165, 1.54) is 17.7 Å². The zero-order valence-corrected chi connectivity index (χ0v) is 14.8. The van der Waals surface area contributed by atoms with Crippen LogP contribution >= 0.6 is 11.6 Å². The molecule has 0 saturated heterocycles. The van der Waals surface area contributed by atoms with Crippen molar-refractivity contribution in [1.82, 2.24) is 15.2 Å². The fraction of sp³-hybridized carbons (Fsp3) is 0.250. The minimum Gasteiger partial charge on any atom is -0.362 e. The first-order valence-electron chi connectivity index (χ1n) is 7.71. The van der Waals surface area contributed by atoms with Crippen molar-refractivity contribution in [2.24, 2.45) is 0 Å². The van der Waals surface area contributed by atoms with Crippen molar-refractivity contribution >= 4 is 33.2 Å². The summed E-state index contributed by atoms with van der Waals surface area (Å²) in [6.45, 7) is 0.816. The Morgan fingerprint density at radius 2 is 2.04 bits per heavy atom. The smallest absolute Gasteiger partial charge is 0.258 e. The Morgan fingerprint density at radius 1 is 1.24 bits per heavy atom. The van der Waals surface area contributed by atoms with E-state index in [0.29, 0.717) is 0 Å². The van der Waals surface area contributed by atoms with Gasteiger partial charge in [0.1, 0.15) is 10.0 Å². The largest absolute Gasteiger partial charge is 0.362 e. The first-order chi connectivity index (χ1) is 12.0. The molecule has 0 saturated carbocycles. The molecule has 2 aromatic rings. The summed E-state index contributed by atoms with van der Waals surface area (Å²) in [4.78, 5) is 19.8. The van der Waals surface area contributed by atoms with Gasteiger partial charge in [0.25, 0.3) is 15.9 Å². The summed E-state index contributed by atoms with van der Waals surface area (Å²) in [5.74, 6) is -0.442. The predicted molar refractivity (Wildman–Crippen MR) is 94.7 cm³/mol. The number of nitrogens with zero attached hydrogens (tertiary/aromatic N) is 2. The number of sulfonamides is 1. The number of carbonyl (C=O) groups is 1. The molecule has 7 nitrogen and oxygen atoms in total. The van der Waals surface area contributed by atoms with Gasteiger partial charge in [-0.3, -0.25) is 10.2 Å². The Morgan fingerprint density at radius 3 is 2.80 bits per heavy atom. The molecule has 0 bridgehead atoms. The summed E-state index contributed by atoms with van der Waals surface area (Å²) in [6, 6.07) is 10.6. The molecule has 1 aliphatic rings. The van der Waals surface area contributed by atoms with Crippen LogP contribution in [0.2, 0.25) is 5.15 Å². The molecule has 1 aromatic carbocycles. The van der Waals surface area contributed by atoms with E-state index in [-0.39, 0.29) is 16.6 Å². The number of fused-ring (bicyclic) bond motifs is 1. The second kappa shape index (κ2) is 7.38. The number of rotatable bonds is 5. The fourth-order valence-corrected chi connectivity index (χ4v) is 3.61. The number of pyridine rings is 1. The lowest BCUT2D eigenvalue weighted by molar-refractivity contribution is -0.120. The van der Waals surface area contributed by atoms with Crippen molar-refractivity contribution in [2.75, 3.05) is 18.0 Å². The van der Waals surface area contributed by atoms with Crippen LogP contribution < -0.4 is 15.2 Å². The number of para-hydroxylation sites is 1. The predicted octanol–water partition coefficient (Wildman–Crippen LogP) is 1.50. The van der Waals surface area contributed by atoms with Crippen LogP contribution in [0.3, 0.4) is 0 Å². The second-order valence-electron chi connectivity index (χ2n) is 5.62. The Balaban J connectivity index is 1.61. The molecule has 2 N–H and O–H groups in total. The molecular weight excluding hydrogens is 364 g/mol. The van der Waals surface area contributed by atoms with Gasteiger partial charge in [-0.2, -0.15) is 0 Å². The van der Waals surface area contributed by atoms with Crippen LogP contribution in [0.4, 0.5) is 5.69 Å². The van der Waals surface area contributed by atoms with Crippen LogP contribution in [0, 0.1) is 0 Å². The number of carbonyl (C=O) groups excluding carboxylic acids is 1. The number of anilines is 1. The standard InChI is InChI=1S/C16H17ClN4O3S/c17-15-8-7-13(10-18-15)25(23,24)20-19-16(22)11-21-9-3-5-12-4-1-2-6-14(12)21/h1-2,4,6-8,10,20H,3,5,9,11H2,(H,19,22). The van der Waals surface area contributed by atoms with Crippen molar-refractivity contribution in [2.45, 2.75) is 17.7 Å². The SMILES string of the molecule is O=C(CN1CCCc2ccccc21)NNS(=O)(=O)c1ccc(Cl)nc1. The molecule has 9 heteroatoms. The molecule has 0 aliphatic carbocycles. The molecule has 132 valence electrons. The van der Waals surface area contributed by atoms with E-state index < -0.39 is 15.9 Å². The van der Waals surface area contributed by atoms with E-state index in [1.807, 2.05) is 29.2 Å². The van der Waals surface area contributed by atoms with Gasteiger partial charge < -0.3 is 4.90 Å². The molecule has 0 unspecified atom stereocenters. The molecule has 0 atom stereocenters. The van der Waals surface area contributed by atoms with Gasteiger partial charge in [0, 0.05) is 18.4 Å². The molecule has 0 fully saturated rings. The molecule has 3 rings (SSSR count). The van der Waals surface area contributed by atoms with Crippen molar-refractivity contribution in [3.8, 4) is 0 Å². The Labute approximate surface area is 151 Å². The van der Waals surface area contributed by atoms with Crippen LogP contribution in [-0.4, -0.2) is 32.4 Å². The highest BCUT2D eigenvalue weighted by Gasteiger charge is 2.20. The topological polar surface area (TPSA) is 91.4 Å². The number of aromatic nitrogens is 1. The fourth-order valence-electron chi connectivity index (χ4n) is 2.69. The van der Waals surface area contributed by atoms with Crippen LogP contribution in [-0.2, 0) is 21.2 Å². The van der Waals surface area contributed by atoms with E-state index in [4.69, 9.17) is 11.6 Å². The normalized spacial score (nSPS) is 14.0. The highest BCUT2D eigenvalue weighted by molar-refractivity contribution is 7.89. The van der Waals surface area contributed by atoms with Gasteiger partial charge >= 0.3 is 0 Å². The van der Waals surface area contributed by atoms with Crippen molar-refractivity contribution in [3.63, 3.8) is 0 Å². The molecule has 25 heavy (non-hydrogen) atoms. The van der Waals surface area contributed by atoms with E-state index in [1.54, 1.807) is 0 Å². The van der Waals surface area contributed by atoms with E-state index in [2.05, 4.69) is 15.2 Å². The van der Waals surface area contributed by atoms with E-state index in [9.17, 15) is 13.2 Å². The molecule has 1 aromatic heterocycles. The number of benzene rings is 1. The molecular formula is C16H17ClN4O3S. The number of hydrogen-bond donors (Lipinski definition) is 2. The van der Waals surface area contributed by atoms with Crippen LogP contribution in [0.25, 0.3) is 0 Å². The van der Waals surface area contributed by atoms with Gasteiger partial charge in [-0.25, -0.2) is 13.4 Å². The highest BCUT2D eigenvalue weighted by Crippen LogP contribution is 2.26. The Kier molecular flexibility index (Phi) is 5.22. The second-order valence-corrected chi connectivity index (χ2v) is 7.69. The summed E-state index contributed by atoms with van der Waals surface area (Å²) in [6.07, 6.45) is 3.05. The van der Waals surface area contributed by atoms with Crippen LogP contribution in [0.15, 0.2) is 47.5 Å². The van der Waals surface area contributed by atoms with Gasteiger partial charge in [-0.05, 0) is 36.6 Å². The zero-order chi connectivity index (χ0) is 17.9. The first kappa shape index (κ1) is 17.7. The Bertz CT molecular complexity index is 871. The lowest BCUT2D eigenvalue weighted by atomic mass is 10.0. The quantitative estimate of drug-likeness (QED) is 0.606. The van der Waals surface area contributed by atoms with Gasteiger partial charge in [0.05, 0.1) is 6.54 Å². The van der Waals surface area contributed by atoms with Crippen LogP contribution in [0.1, 0.15) is 12.0 Å². The van der Waals surface area contributed by atoms with Crippen LogP contribution in [0.5, 0.6) is 0 Å². The average Bonchev–Trinajstić information content (AvgIpc) is 2.61. The Hall–Kier alpha value is -2.16. The van der Waals surface area contributed by atoms with Crippen molar-refractivity contribution < 1.29 is 13.2 Å². The monoisotopic (exact) mass is 380 g/mol. The van der Waals surface area contributed by atoms with Gasteiger partial charge in [-0.15, -0.1) is 4.83 Å². The number of hydrogen-bond acceptors (Lipinski definition) is 5. The molecule has 0 radical (unpaired) electrons. The number of halogens is 1. The summed E-state index contributed by atoms with van der Waals surface area (Å²) >= 11 is 5.64. The highest BCUT2D eigenvalue weighted by atomic mass is 35.5. The van der Waals surface area contributed by atoms with Crippen molar-refractivity contribution in [3.05, 3.63) is 53.3 Å². The first-order valence-corrected chi connectivity index (χ1v) is 9.57. The van der Waals surface area contributed by atoms with E-state index >= 15 is 0 Å².